The first-order valence-corrected chi connectivity index (χ1v) is 0. The minimum atomic E-state index is 0. The van der Waals surface area contributed by atoms with Crippen molar-refractivity contribution in [2.75, 3.05) is 0 Å². The number of hydrogen-bond acceptors (Lipinski definition) is 0. The van der Waals surface area contributed by atoms with Gasteiger partial charge in [0.15, 0.2) is 34.7 Å². The Morgan fingerprint density at radius 1 is 0.750 bits per heavy atom. The second-order valence-electron chi connectivity index (χ2n) is 0. The van der Waals surface area contributed by atoms with Crippen LogP contribution in [0.1, 0.15) is 0 Å². The van der Waals surface area contributed by atoms with E-state index >= 15 is 0 Å². The monoisotopic (exact) mass is 250 g/mol. The summed E-state index contributed by atoms with van der Waals surface area (Å²) in [7, 11) is 0. The SMILES string of the molecule is [AlH3].[AlH3].[Nd].[Ti]. The predicted molar refractivity (Wildman–Crippen MR) is 19.9 cm³/mol. The molecule has 0 aromatic carbocycles. The van der Waals surface area contributed by atoms with E-state index < -0.39 is 0 Å². The molecule has 0 bridgehead atoms. The molecular weight excluding hydrogens is 246 g/mol. The van der Waals surface area contributed by atoms with Crippen LogP contribution in [0.4, 0.5) is 0 Å². The van der Waals surface area contributed by atoms with Crippen LogP contribution in [0.2, 0.25) is 0 Å². The molecule has 0 saturated carbocycles. The van der Waals surface area contributed by atoms with Crippen LogP contribution in [0.5, 0.6) is 0 Å². The first kappa shape index (κ1) is 27.3. The van der Waals surface area contributed by atoms with Crippen LogP contribution in [-0.4, -0.2) is 34.7 Å². The summed E-state index contributed by atoms with van der Waals surface area (Å²) in [6.45, 7) is 0. The zero-order valence-electron chi connectivity index (χ0n) is 1.00. The van der Waals surface area contributed by atoms with Gasteiger partial charge < -0.3 is 0 Å². The van der Waals surface area contributed by atoms with Crippen molar-refractivity contribution in [3.05, 3.63) is 0 Å². The maximum Gasteiger partial charge on any atom is 0.187 e. The van der Waals surface area contributed by atoms with Gasteiger partial charge in [0.2, 0.25) is 0 Å². The van der Waals surface area contributed by atoms with Gasteiger partial charge in [0, 0.05) is 62.6 Å². The first-order valence-electron chi connectivity index (χ1n) is 0. The van der Waals surface area contributed by atoms with Crippen LogP contribution in [0, 0.1) is 40.8 Å². The van der Waals surface area contributed by atoms with E-state index in [4.69, 9.17) is 0 Å². The molecule has 0 aromatic heterocycles. The van der Waals surface area contributed by atoms with Crippen molar-refractivity contribution in [1.29, 1.82) is 0 Å². The Bertz CT molecular complexity index is 6.00. The van der Waals surface area contributed by atoms with Gasteiger partial charge in [-0.1, -0.05) is 0 Å². The van der Waals surface area contributed by atoms with Gasteiger partial charge in [0.25, 0.3) is 0 Å². The van der Waals surface area contributed by atoms with Gasteiger partial charge in [0.05, 0.1) is 0 Å². The molecule has 0 aromatic rings. The molecule has 4 heteroatoms. The van der Waals surface area contributed by atoms with Crippen molar-refractivity contribution in [2.45, 2.75) is 0 Å². The predicted octanol–water partition coefficient (Wildman–Crippen LogP) is -2.37. The zero-order chi connectivity index (χ0) is 0. The molecule has 20 valence electrons. The van der Waals surface area contributed by atoms with E-state index in [1.165, 1.54) is 0 Å². The normalized spacial score (nSPS) is 0. The first-order chi connectivity index (χ1) is 0. The summed E-state index contributed by atoms with van der Waals surface area (Å²) in [5.41, 5.74) is 0. The Morgan fingerprint density at radius 3 is 0.750 bits per heavy atom. The Labute approximate surface area is 95.2 Å². The molecule has 0 fully saturated rings. The molecule has 0 radical (unpaired) electrons. The van der Waals surface area contributed by atoms with Gasteiger partial charge >= 0.3 is 0 Å². The molecule has 0 atom stereocenters. The summed E-state index contributed by atoms with van der Waals surface area (Å²) in [6.07, 6.45) is 0. The maximum absolute atomic E-state index is 0. The van der Waals surface area contributed by atoms with Gasteiger partial charge in [-0.25, -0.2) is 0 Å². The molecule has 0 unspecified atom stereocenters. The molecule has 0 aliphatic carbocycles. The van der Waals surface area contributed by atoms with Crippen molar-refractivity contribution in [1.82, 2.24) is 0 Å². The quantitative estimate of drug-likeness (QED) is 0.423. The molecule has 0 N–H and O–H groups in total. The molecule has 0 spiro atoms. The zero-order valence-corrected chi connectivity index (χ0v) is 5.77. The van der Waals surface area contributed by atoms with Crippen LogP contribution < -0.4 is 0 Å². The van der Waals surface area contributed by atoms with Crippen molar-refractivity contribution >= 4 is 34.7 Å². The van der Waals surface area contributed by atoms with E-state index in [1.807, 2.05) is 0 Å². The minimum Gasteiger partial charge on any atom is 0 e. The molecule has 0 aliphatic heterocycles. The van der Waals surface area contributed by atoms with Crippen LogP contribution in [0.15, 0.2) is 0 Å². The summed E-state index contributed by atoms with van der Waals surface area (Å²) in [6, 6.07) is 0. The largest absolute Gasteiger partial charge is 0.187 e. The average Bonchev–Trinajstić information content (AvgIpc) is 0. The van der Waals surface area contributed by atoms with Crippen molar-refractivity contribution in [3.63, 3.8) is 0 Å². The molecule has 4 heavy (non-hydrogen) atoms. The van der Waals surface area contributed by atoms with Crippen LogP contribution in [0.3, 0.4) is 0 Å². The second-order valence-corrected chi connectivity index (χ2v) is 0. The van der Waals surface area contributed by atoms with Gasteiger partial charge in [-0.2, -0.15) is 0 Å². The Morgan fingerprint density at radius 2 is 0.750 bits per heavy atom. The molecular formula is H6Al2NdTi. The Kier molecular flexibility index (Phi) is 113. The van der Waals surface area contributed by atoms with E-state index in [9.17, 15) is 0 Å². The van der Waals surface area contributed by atoms with Gasteiger partial charge in [-0.05, 0) is 0 Å². The van der Waals surface area contributed by atoms with E-state index in [1.54, 1.807) is 0 Å². The molecule has 0 saturated heterocycles. The third kappa shape index (κ3) is 8.93. The fraction of sp³-hybridized carbons (Fsp3) is 0. The Balaban J connectivity index is 0. The summed E-state index contributed by atoms with van der Waals surface area (Å²) >= 11 is 0. The van der Waals surface area contributed by atoms with E-state index in [0.717, 1.165) is 0 Å². The summed E-state index contributed by atoms with van der Waals surface area (Å²) in [5.74, 6) is 0. The minimum absolute atomic E-state index is 0. The number of rotatable bonds is 0. The topological polar surface area (TPSA) is 0 Å². The Hall–Kier alpha value is 3.13. The third-order valence-corrected chi connectivity index (χ3v) is 0. The van der Waals surface area contributed by atoms with Gasteiger partial charge in [0.1, 0.15) is 0 Å². The smallest absolute Gasteiger partial charge is 0 e. The van der Waals surface area contributed by atoms with Crippen LogP contribution >= 0.6 is 0 Å². The second kappa shape index (κ2) is 16.5. The van der Waals surface area contributed by atoms with Gasteiger partial charge in [-0.3, -0.25) is 0 Å². The van der Waals surface area contributed by atoms with Crippen molar-refractivity contribution in [2.24, 2.45) is 0 Å². The third-order valence-electron chi connectivity index (χ3n) is 0. The molecule has 0 rings (SSSR count). The molecule has 0 nitrogen and oxygen atoms in total. The number of hydrogen-bond donors (Lipinski definition) is 0. The van der Waals surface area contributed by atoms with Gasteiger partial charge in [-0.15, -0.1) is 0 Å². The van der Waals surface area contributed by atoms with Crippen LogP contribution in [-0.2, 0) is 21.7 Å². The summed E-state index contributed by atoms with van der Waals surface area (Å²) in [5, 5.41) is 0. The average molecular weight is 252 g/mol. The summed E-state index contributed by atoms with van der Waals surface area (Å²) < 4.78 is 0. The van der Waals surface area contributed by atoms with E-state index in [2.05, 4.69) is 0 Å². The molecule has 0 aliphatic rings. The van der Waals surface area contributed by atoms with Crippen molar-refractivity contribution in [3.8, 4) is 0 Å². The summed E-state index contributed by atoms with van der Waals surface area (Å²) in [4.78, 5) is 0. The van der Waals surface area contributed by atoms with Crippen LogP contribution in [0.25, 0.3) is 0 Å². The molecule has 0 heterocycles. The van der Waals surface area contributed by atoms with E-state index in [0.29, 0.717) is 0 Å². The van der Waals surface area contributed by atoms with Crippen molar-refractivity contribution < 1.29 is 62.6 Å². The van der Waals surface area contributed by atoms with E-state index in [-0.39, 0.29) is 97.3 Å². The fourth-order valence-corrected chi connectivity index (χ4v) is 0. The molecule has 0 amide bonds. The standard InChI is InChI=1S/2Al.Nd.Ti.6H. The maximum atomic E-state index is 0. The fourth-order valence-electron chi connectivity index (χ4n) is 0.